The van der Waals surface area contributed by atoms with Gasteiger partial charge in [-0.15, -0.1) is 0 Å². The van der Waals surface area contributed by atoms with Crippen LogP contribution in [0.5, 0.6) is 0 Å². The van der Waals surface area contributed by atoms with Crippen LogP contribution in [0.4, 0.5) is 0 Å². The Hall–Kier alpha value is -1.35. The predicted octanol–water partition coefficient (Wildman–Crippen LogP) is 4.84. The van der Waals surface area contributed by atoms with E-state index >= 15 is 0 Å². The number of hydrogen-bond acceptors (Lipinski definition) is 3. The molecule has 3 nitrogen and oxygen atoms in total. The number of carbonyl (C=O) groups is 1. The molecule has 1 aliphatic heterocycles. The first-order valence-corrected chi connectivity index (χ1v) is 10.4. The maximum Gasteiger partial charge on any atom is 0.327 e. The van der Waals surface area contributed by atoms with Crippen molar-refractivity contribution >= 4 is 5.97 Å². The molecule has 0 unspecified atom stereocenters. The summed E-state index contributed by atoms with van der Waals surface area (Å²) in [7, 11) is 0. The molecule has 144 valence electrons. The van der Waals surface area contributed by atoms with E-state index in [1.807, 2.05) is 0 Å². The maximum absolute atomic E-state index is 12.9. The lowest BCUT2D eigenvalue weighted by Crippen LogP contribution is -2.45. The quantitative estimate of drug-likeness (QED) is 0.561. The van der Waals surface area contributed by atoms with Gasteiger partial charge in [-0.3, -0.25) is 5.32 Å². The lowest BCUT2D eigenvalue weighted by molar-refractivity contribution is -0.160. The Morgan fingerprint density at radius 3 is 2.58 bits per heavy atom. The van der Waals surface area contributed by atoms with Crippen molar-refractivity contribution in [3.05, 3.63) is 35.9 Å². The normalized spacial score (nSPS) is 31.5. The minimum Gasteiger partial charge on any atom is -0.461 e. The van der Waals surface area contributed by atoms with Gasteiger partial charge in [-0.1, -0.05) is 77.3 Å². The van der Waals surface area contributed by atoms with Crippen molar-refractivity contribution in [2.24, 2.45) is 11.8 Å². The number of benzene rings is 1. The zero-order valence-electron chi connectivity index (χ0n) is 16.9. The van der Waals surface area contributed by atoms with Gasteiger partial charge in [0.05, 0.1) is 0 Å². The Morgan fingerprint density at radius 2 is 1.96 bits per heavy atom. The monoisotopic (exact) mass is 357 g/mol. The number of unbranched alkanes of at least 4 members (excludes halogenated alkanes) is 1. The Kier molecular flexibility index (Phi) is 5.76. The van der Waals surface area contributed by atoms with Crippen LogP contribution in [0.1, 0.15) is 71.8 Å². The second kappa shape index (κ2) is 7.72. The van der Waals surface area contributed by atoms with E-state index in [2.05, 4.69) is 63.3 Å². The molecule has 1 aromatic carbocycles. The smallest absolute Gasteiger partial charge is 0.327 e. The van der Waals surface area contributed by atoms with Gasteiger partial charge >= 0.3 is 5.97 Å². The van der Waals surface area contributed by atoms with Gasteiger partial charge in [0.15, 0.2) is 0 Å². The van der Waals surface area contributed by atoms with Crippen LogP contribution in [-0.4, -0.2) is 24.2 Å². The van der Waals surface area contributed by atoms with Crippen LogP contribution in [0.15, 0.2) is 30.3 Å². The molecular formula is C23H35NO2. The molecule has 0 bridgehead atoms. The summed E-state index contributed by atoms with van der Waals surface area (Å²) >= 11 is 0. The Morgan fingerprint density at radius 1 is 1.27 bits per heavy atom. The van der Waals surface area contributed by atoms with E-state index in [0.29, 0.717) is 11.8 Å². The summed E-state index contributed by atoms with van der Waals surface area (Å²) in [5.41, 5.74) is 0.948. The molecule has 1 saturated carbocycles. The van der Waals surface area contributed by atoms with Crippen LogP contribution in [-0.2, 0) is 14.9 Å². The molecule has 1 saturated heterocycles. The summed E-state index contributed by atoms with van der Waals surface area (Å²) in [6.45, 7) is 9.86. The molecule has 0 aromatic heterocycles. The average Bonchev–Trinajstić information content (AvgIpc) is 3.42. The number of carbonyl (C=O) groups excluding carboxylic acids is 1. The van der Waals surface area contributed by atoms with Crippen molar-refractivity contribution in [1.29, 1.82) is 0 Å². The highest BCUT2D eigenvalue weighted by molar-refractivity contribution is 5.84. The summed E-state index contributed by atoms with van der Waals surface area (Å²) in [4.78, 5) is 12.9. The number of rotatable bonds is 7. The second-order valence-corrected chi connectivity index (χ2v) is 9.10. The molecule has 4 atom stereocenters. The topological polar surface area (TPSA) is 48.2 Å². The maximum atomic E-state index is 12.9. The molecule has 1 heterocycles. The molecule has 1 N–H and O–H groups in total. The lowest BCUT2D eigenvalue weighted by Gasteiger charge is -2.44. The van der Waals surface area contributed by atoms with Crippen molar-refractivity contribution < 1.29 is 9.53 Å². The third kappa shape index (κ3) is 3.98. The van der Waals surface area contributed by atoms with Gasteiger partial charge in [-0.05, 0) is 36.2 Å². The third-order valence-corrected chi connectivity index (χ3v) is 6.71. The van der Waals surface area contributed by atoms with Crippen molar-refractivity contribution in [2.75, 3.05) is 6.54 Å². The average molecular weight is 358 g/mol. The Labute approximate surface area is 158 Å². The van der Waals surface area contributed by atoms with Gasteiger partial charge < -0.3 is 4.74 Å². The summed E-state index contributed by atoms with van der Waals surface area (Å²) in [6.07, 6.45) is 6.42. The van der Waals surface area contributed by atoms with E-state index in [0.717, 1.165) is 38.6 Å². The molecule has 26 heavy (non-hydrogen) atoms. The largest absolute Gasteiger partial charge is 0.461 e. The highest BCUT2D eigenvalue weighted by Crippen LogP contribution is 2.44. The van der Waals surface area contributed by atoms with Gasteiger partial charge in [-0.2, -0.15) is 0 Å². The van der Waals surface area contributed by atoms with E-state index in [1.165, 1.54) is 12.0 Å². The van der Waals surface area contributed by atoms with Crippen LogP contribution in [0, 0.1) is 11.8 Å². The van der Waals surface area contributed by atoms with Crippen molar-refractivity contribution in [1.82, 2.24) is 5.32 Å². The fourth-order valence-corrected chi connectivity index (χ4v) is 4.62. The lowest BCUT2D eigenvalue weighted by atomic mass is 9.64. The van der Waals surface area contributed by atoms with Gasteiger partial charge in [0.1, 0.15) is 11.6 Å². The first kappa shape index (κ1) is 19.4. The second-order valence-electron chi connectivity index (χ2n) is 9.10. The number of nitrogens with one attached hydrogen (secondary N) is 1. The molecule has 0 radical (unpaired) electrons. The van der Waals surface area contributed by atoms with Gasteiger partial charge in [-0.25, -0.2) is 4.79 Å². The zero-order chi connectivity index (χ0) is 18.8. The van der Waals surface area contributed by atoms with Gasteiger partial charge in [0.2, 0.25) is 0 Å². The molecule has 0 amide bonds. The van der Waals surface area contributed by atoms with E-state index in [-0.39, 0.29) is 17.5 Å². The third-order valence-electron chi connectivity index (χ3n) is 6.71. The Bertz CT molecular complexity index is 606. The van der Waals surface area contributed by atoms with Crippen LogP contribution < -0.4 is 5.32 Å². The summed E-state index contributed by atoms with van der Waals surface area (Å²) in [5.74, 6) is 0.973. The molecule has 0 spiro atoms. The van der Waals surface area contributed by atoms with Crippen LogP contribution >= 0.6 is 0 Å². The highest BCUT2D eigenvalue weighted by atomic mass is 16.5. The fraction of sp³-hybridized carbons (Fsp3) is 0.696. The first-order chi connectivity index (χ1) is 12.4. The van der Waals surface area contributed by atoms with Crippen LogP contribution in [0.3, 0.4) is 0 Å². The minimum atomic E-state index is -0.391. The molecule has 2 aliphatic rings. The molecular weight excluding hydrogens is 322 g/mol. The van der Waals surface area contributed by atoms with E-state index in [1.54, 1.807) is 0 Å². The highest BCUT2D eigenvalue weighted by Gasteiger charge is 2.52. The van der Waals surface area contributed by atoms with Crippen molar-refractivity contribution in [2.45, 2.75) is 83.3 Å². The molecule has 1 aromatic rings. The fourth-order valence-electron chi connectivity index (χ4n) is 4.62. The number of hydrogen-bond donors (Lipinski definition) is 1. The van der Waals surface area contributed by atoms with E-state index in [9.17, 15) is 4.79 Å². The molecule has 2 fully saturated rings. The number of ether oxygens (including phenoxy) is 1. The number of esters is 1. The van der Waals surface area contributed by atoms with Gasteiger partial charge in [0, 0.05) is 12.5 Å². The van der Waals surface area contributed by atoms with Crippen molar-refractivity contribution in [3.63, 3.8) is 0 Å². The minimum absolute atomic E-state index is 0.0000912. The standard InChI is InChI=1S/C23H35NO2/c1-5-6-14-23(16-24-23)21(25)26-20-15-17(2)12-13-19(20)22(3,4)18-10-8-7-9-11-18/h7-11,17,19-20,24H,5-6,12-16H2,1-4H3/t17-,19-,20-,23-/m1/s1. The predicted molar refractivity (Wildman–Crippen MR) is 106 cm³/mol. The van der Waals surface area contributed by atoms with E-state index < -0.39 is 5.54 Å². The summed E-state index contributed by atoms with van der Waals surface area (Å²) in [6, 6.07) is 10.7. The molecule has 3 rings (SSSR count). The summed E-state index contributed by atoms with van der Waals surface area (Å²) in [5, 5.41) is 3.29. The molecule has 3 heteroatoms. The Balaban J connectivity index is 1.75. The van der Waals surface area contributed by atoms with Gasteiger partial charge in [0.25, 0.3) is 0 Å². The first-order valence-electron chi connectivity index (χ1n) is 10.4. The van der Waals surface area contributed by atoms with Crippen LogP contribution in [0.25, 0.3) is 0 Å². The SMILES string of the molecule is CCCC[C@]1(C(=O)O[C@@H]2C[C@H](C)CC[C@H]2C(C)(C)c2ccccc2)CN1. The van der Waals surface area contributed by atoms with Crippen LogP contribution in [0.2, 0.25) is 0 Å². The summed E-state index contributed by atoms with van der Waals surface area (Å²) < 4.78 is 6.21. The van der Waals surface area contributed by atoms with Crippen molar-refractivity contribution in [3.8, 4) is 0 Å². The zero-order valence-corrected chi connectivity index (χ0v) is 16.9. The molecule has 1 aliphatic carbocycles. The van der Waals surface area contributed by atoms with E-state index in [4.69, 9.17) is 4.74 Å².